The lowest BCUT2D eigenvalue weighted by Gasteiger charge is -2.33. The highest BCUT2D eigenvalue weighted by Gasteiger charge is 2.31. The predicted molar refractivity (Wildman–Crippen MR) is 128 cm³/mol. The fourth-order valence-electron chi connectivity index (χ4n) is 3.66. The normalized spacial score (nSPS) is 12.2. The van der Waals surface area contributed by atoms with Crippen molar-refractivity contribution in [2.24, 2.45) is 0 Å². The molecule has 0 fully saturated rings. The van der Waals surface area contributed by atoms with Crippen LogP contribution in [0.15, 0.2) is 42.5 Å². The first-order valence-corrected chi connectivity index (χ1v) is 12.4. The van der Waals surface area contributed by atoms with Crippen LogP contribution < -0.4 is 9.62 Å². The first-order chi connectivity index (χ1) is 15.0. The van der Waals surface area contributed by atoms with E-state index >= 15 is 0 Å². The van der Waals surface area contributed by atoms with Crippen molar-refractivity contribution in [2.45, 2.75) is 46.7 Å². The molecule has 0 aliphatic heterocycles. The molecule has 2 aromatic carbocycles. The fourth-order valence-corrected chi connectivity index (χ4v) is 4.56. The zero-order valence-electron chi connectivity index (χ0n) is 19.7. The molecule has 0 aromatic heterocycles. The third kappa shape index (κ3) is 6.32. The average Bonchev–Trinajstić information content (AvgIpc) is 2.72. The second-order valence-electron chi connectivity index (χ2n) is 8.11. The molecule has 2 amide bonds. The van der Waals surface area contributed by atoms with E-state index in [4.69, 9.17) is 0 Å². The van der Waals surface area contributed by atoms with Crippen molar-refractivity contribution in [2.75, 3.05) is 24.2 Å². The minimum absolute atomic E-state index is 0.204. The second kappa shape index (κ2) is 10.6. The highest BCUT2D eigenvalue weighted by atomic mass is 32.2. The summed E-state index contributed by atoms with van der Waals surface area (Å²) >= 11 is 0. The summed E-state index contributed by atoms with van der Waals surface area (Å²) in [6, 6.07) is 12.4. The van der Waals surface area contributed by atoms with E-state index < -0.39 is 22.0 Å². The Hall–Kier alpha value is -2.87. The van der Waals surface area contributed by atoms with Crippen LogP contribution >= 0.6 is 0 Å². The van der Waals surface area contributed by atoms with Gasteiger partial charge in [-0.2, -0.15) is 0 Å². The van der Waals surface area contributed by atoms with Gasteiger partial charge in [-0.15, -0.1) is 0 Å². The van der Waals surface area contributed by atoms with Gasteiger partial charge in [0.15, 0.2) is 0 Å². The molecule has 0 unspecified atom stereocenters. The lowest BCUT2D eigenvalue weighted by Crippen LogP contribution is -2.51. The van der Waals surface area contributed by atoms with E-state index in [1.165, 1.54) is 11.9 Å². The van der Waals surface area contributed by atoms with Crippen molar-refractivity contribution in [3.05, 3.63) is 64.7 Å². The van der Waals surface area contributed by atoms with Crippen molar-refractivity contribution in [1.82, 2.24) is 10.2 Å². The first kappa shape index (κ1) is 25.4. The number of nitrogens with zero attached hydrogens (tertiary/aromatic N) is 2. The summed E-state index contributed by atoms with van der Waals surface area (Å²) in [5, 5.41) is 2.61. The summed E-state index contributed by atoms with van der Waals surface area (Å²) < 4.78 is 26.4. The molecular weight excluding hydrogens is 426 g/mol. The maximum Gasteiger partial charge on any atom is 0.244 e. The summed E-state index contributed by atoms with van der Waals surface area (Å²) in [4.78, 5) is 27.5. The number of carbonyl (C=O) groups excluding carboxylic acids is 2. The van der Waals surface area contributed by atoms with Gasteiger partial charge in [0.2, 0.25) is 21.8 Å². The van der Waals surface area contributed by atoms with Crippen molar-refractivity contribution >= 4 is 27.5 Å². The third-order valence-corrected chi connectivity index (χ3v) is 6.53. The van der Waals surface area contributed by atoms with E-state index in [-0.39, 0.29) is 19.0 Å². The lowest BCUT2D eigenvalue weighted by molar-refractivity contribution is -0.140. The van der Waals surface area contributed by atoms with Crippen LogP contribution in [-0.4, -0.2) is 51.0 Å². The number of rotatable bonds is 9. The summed E-state index contributed by atoms with van der Waals surface area (Å²) in [5.41, 5.74) is 4.16. The Bertz CT molecular complexity index is 1070. The summed E-state index contributed by atoms with van der Waals surface area (Å²) in [6.45, 7) is 7.35. The van der Waals surface area contributed by atoms with Crippen molar-refractivity contribution in [3.63, 3.8) is 0 Å². The number of amides is 2. The van der Waals surface area contributed by atoms with E-state index in [1.807, 2.05) is 64.1 Å². The van der Waals surface area contributed by atoms with E-state index in [1.54, 1.807) is 6.07 Å². The first-order valence-electron chi connectivity index (χ1n) is 10.6. The molecule has 7 nitrogen and oxygen atoms in total. The average molecular weight is 460 g/mol. The molecule has 0 saturated carbocycles. The van der Waals surface area contributed by atoms with E-state index in [0.29, 0.717) is 12.1 Å². The van der Waals surface area contributed by atoms with Crippen LogP contribution in [0.2, 0.25) is 0 Å². The number of aryl methyl sites for hydroxylation is 3. The number of hydrogen-bond acceptors (Lipinski definition) is 4. The lowest BCUT2D eigenvalue weighted by atomic mass is 10.1. The Morgan fingerprint density at radius 1 is 1.00 bits per heavy atom. The van der Waals surface area contributed by atoms with Gasteiger partial charge in [0.25, 0.3) is 0 Å². The van der Waals surface area contributed by atoms with Crippen LogP contribution in [0.5, 0.6) is 0 Å². The predicted octanol–water partition coefficient (Wildman–Crippen LogP) is 2.93. The molecule has 174 valence electrons. The molecule has 0 bridgehead atoms. The molecule has 2 aromatic rings. The number of sulfonamides is 1. The number of benzene rings is 2. The summed E-state index contributed by atoms with van der Waals surface area (Å²) in [6.07, 6.45) is 1.49. The number of nitrogens with one attached hydrogen (secondary N) is 1. The fraction of sp³-hybridized carbons (Fsp3) is 0.417. The maximum atomic E-state index is 13.5. The molecule has 0 aliphatic carbocycles. The smallest absolute Gasteiger partial charge is 0.244 e. The van der Waals surface area contributed by atoms with Gasteiger partial charge in [0, 0.05) is 13.6 Å². The van der Waals surface area contributed by atoms with Gasteiger partial charge in [-0.25, -0.2) is 8.42 Å². The molecule has 8 heteroatoms. The number of hydrogen-bond donors (Lipinski definition) is 1. The molecule has 2 rings (SSSR count). The quantitative estimate of drug-likeness (QED) is 0.625. The van der Waals surface area contributed by atoms with E-state index in [2.05, 4.69) is 5.32 Å². The van der Waals surface area contributed by atoms with Crippen LogP contribution in [0.25, 0.3) is 0 Å². The van der Waals surface area contributed by atoms with Crippen LogP contribution in [0.3, 0.4) is 0 Å². The van der Waals surface area contributed by atoms with Gasteiger partial charge in [-0.1, -0.05) is 54.4 Å². The summed E-state index contributed by atoms with van der Waals surface area (Å²) in [7, 11) is -2.21. The van der Waals surface area contributed by atoms with Gasteiger partial charge in [-0.05, 0) is 44.4 Å². The number of likely N-dealkylation sites (N-methyl/N-ethyl adjacent to an activating group) is 1. The molecule has 0 heterocycles. The molecule has 32 heavy (non-hydrogen) atoms. The molecule has 0 aliphatic rings. The third-order valence-electron chi connectivity index (χ3n) is 5.41. The molecule has 0 saturated heterocycles. The highest BCUT2D eigenvalue weighted by molar-refractivity contribution is 7.92. The topological polar surface area (TPSA) is 86.8 Å². The largest absolute Gasteiger partial charge is 0.357 e. The second-order valence-corrected chi connectivity index (χ2v) is 10.0. The minimum atomic E-state index is -3.73. The molecule has 1 atom stereocenters. The van der Waals surface area contributed by atoms with E-state index in [9.17, 15) is 18.0 Å². The molecule has 0 radical (unpaired) electrons. The van der Waals surface area contributed by atoms with Gasteiger partial charge in [0.05, 0.1) is 11.9 Å². The SMILES string of the molecule is CC[C@H](C(=O)NC)N(Cc1ccc(C)cc1)C(=O)CN(c1ccc(C)cc1C)S(C)(=O)=O. The van der Waals surface area contributed by atoms with Crippen LogP contribution in [-0.2, 0) is 26.2 Å². The Labute approximate surface area is 191 Å². The number of anilines is 1. The molecule has 0 spiro atoms. The van der Waals surface area contributed by atoms with Gasteiger partial charge >= 0.3 is 0 Å². The van der Waals surface area contributed by atoms with Gasteiger partial charge in [0.1, 0.15) is 12.6 Å². The van der Waals surface area contributed by atoms with Crippen LogP contribution in [0, 0.1) is 20.8 Å². The van der Waals surface area contributed by atoms with Crippen LogP contribution in [0.1, 0.15) is 35.6 Å². The van der Waals surface area contributed by atoms with Gasteiger partial charge < -0.3 is 10.2 Å². The Morgan fingerprint density at radius 3 is 2.09 bits per heavy atom. The van der Waals surface area contributed by atoms with Gasteiger partial charge in [-0.3, -0.25) is 13.9 Å². The van der Waals surface area contributed by atoms with E-state index in [0.717, 1.165) is 32.8 Å². The Morgan fingerprint density at radius 2 is 1.59 bits per heavy atom. The van der Waals surface area contributed by atoms with Crippen LogP contribution in [0.4, 0.5) is 5.69 Å². The number of carbonyl (C=O) groups is 2. The van der Waals surface area contributed by atoms with Crippen molar-refractivity contribution in [3.8, 4) is 0 Å². The standard InChI is InChI=1S/C24H33N3O4S/c1-7-21(24(29)25-5)26(15-20-11-8-17(2)9-12-20)23(28)16-27(32(6,30)31)22-13-10-18(3)14-19(22)4/h8-14,21H,7,15-16H2,1-6H3,(H,25,29)/t21-/m1/s1. The Kier molecular flexibility index (Phi) is 8.44. The summed E-state index contributed by atoms with van der Waals surface area (Å²) in [5.74, 6) is -0.725. The monoisotopic (exact) mass is 459 g/mol. The zero-order chi connectivity index (χ0) is 24.1. The Balaban J connectivity index is 2.45. The zero-order valence-corrected chi connectivity index (χ0v) is 20.5. The minimum Gasteiger partial charge on any atom is -0.357 e. The highest BCUT2D eigenvalue weighted by Crippen LogP contribution is 2.24. The van der Waals surface area contributed by atoms with Crippen molar-refractivity contribution < 1.29 is 18.0 Å². The van der Waals surface area contributed by atoms with Crippen molar-refractivity contribution in [1.29, 1.82) is 0 Å². The molecular formula is C24H33N3O4S. The molecule has 1 N–H and O–H groups in total. The maximum absolute atomic E-state index is 13.5.